The minimum Gasteiger partial charge on any atom is -0.366 e. The van der Waals surface area contributed by atoms with E-state index in [-0.39, 0.29) is 27.0 Å². The maximum atomic E-state index is 12.5. The third-order valence-corrected chi connectivity index (χ3v) is 5.27. The first kappa shape index (κ1) is 16.3. The molecule has 0 aliphatic rings. The van der Waals surface area contributed by atoms with Gasteiger partial charge in [0.25, 0.3) is 10.0 Å². The van der Waals surface area contributed by atoms with E-state index in [0.717, 1.165) is 0 Å². The highest BCUT2D eigenvalue weighted by Gasteiger charge is 2.26. The Morgan fingerprint density at radius 2 is 2.00 bits per heavy atom. The number of sulfonamides is 1. The van der Waals surface area contributed by atoms with Crippen molar-refractivity contribution in [2.45, 2.75) is 18.7 Å². The van der Waals surface area contributed by atoms with Crippen LogP contribution >= 0.6 is 11.6 Å². The van der Waals surface area contributed by atoms with Crippen molar-refractivity contribution in [3.05, 3.63) is 40.2 Å². The molecule has 22 heavy (non-hydrogen) atoms. The number of carbonyl (C=O) groups excluding carboxylic acids is 1. The number of aromatic nitrogens is 2. The van der Waals surface area contributed by atoms with E-state index in [1.54, 1.807) is 33.0 Å². The Labute approximate surface area is 133 Å². The molecule has 1 aromatic carbocycles. The average molecular weight is 343 g/mol. The van der Waals surface area contributed by atoms with Crippen molar-refractivity contribution >= 4 is 33.2 Å². The van der Waals surface area contributed by atoms with Gasteiger partial charge in [0.05, 0.1) is 11.4 Å². The fourth-order valence-electron chi connectivity index (χ4n) is 2.12. The molecule has 0 saturated heterocycles. The van der Waals surface area contributed by atoms with Gasteiger partial charge in [0.15, 0.2) is 0 Å². The minimum absolute atomic E-state index is 0.00806. The third kappa shape index (κ3) is 2.79. The summed E-state index contributed by atoms with van der Waals surface area (Å²) in [6.45, 7) is 3.16. The molecule has 1 amide bonds. The average Bonchev–Trinajstić information content (AvgIpc) is 2.65. The van der Waals surface area contributed by atoms with Gasteiger partial charge in [-0.3, -0.25) is 14.2 Å². The van der Waals surface area contributed by atoms with Gasteiger partial charge in [0.1, 0.15) is 10.0 Å². The second kappa shape index (κ2) is 5.62. The fraction of sp³-hybridized carbons (Fsp3) is 0.231. The molecule has 2 rings (SSSR count). The zero-order chi connectivity index (χ0) is 16.7. The highest BCUT2D eigenvalue weighted by molar-refractivity contribution is 7.92. The lowest BCUT2D eigenvalue weighted by atomic mass is 10.1. The molecule has 0 radical (unpaired) electrons. The molecule has 2 aromatic rings. The minimum atomic E-state index is -3.94. The van der Waals surface area contributed by atoms with Crippen molar-refractivity contribution < 1.29 is 13.2 Å². The largest absolute Gasteiger partial charge is 0.366 e. The summed E-state index contributed by atoms with van der Waals surface area (Å²) in [6, 6.07) is 4.61. The van der Waals surface area contributed by atoms with Crippen LogP contribution in [0, 0.1) is 13.8 Å². The van der Waals surface area contributed by atoms with Crippen LogP contribution in [-0.4, -0.2) is 24.1 Å². The molecule has 1 aromatic heterocycles. The van der Waals surface area contributed by atoms with E-state index in [4.69, 9.17) is 17.3 Å². The van der Waals surface area contributed by atoms with Crippen LogP contribution in [-0.2, 0) is 17.1 Å². The standard InChI is InChI=1S/C13H15ClN4O3S/c1-7-9(13(15)19)5-4-6-10(7)17-22(20,21)11-8(2)16-18(3)12(11)14/h4-6,17H,1-3H3,(H2,15,19). The van der Waals surface area contributed by atoms with Gasteiger partial charge in [-0.25, -0.2) is 8.42 Å². The van der Waals surface area contributed by atoms with Crippen LogP contribution in [0.2, 0.25) is 5.15 Å². The number of aryl methyl sites for hydroxylation is 2. The molecule has 0 fully saturated rings. The van der Waals surface area contributed by atoms with Gasteiger partial charge >= 0.3 is 0 Å². The SMILES string of the molecule is Cc1nn(C)c(Cl)c1S(=O)(=O)Nc1cccc(C(N)=O)c1C. The number of halogens is 1. The van der Waals surface area contributed by atoms with E-state index in [1.807, 2.05) is 0 Å². The molecular formula is C13H15ClN4O3S. The second-order valence-corrected chi connectivity index (χ2v) is 6.75. The van der Waals surface area contributed by atoms with Crippen LogP contribution in [0.5, 0.6) is 0 Å². The molecule has 0 atom stereocenters. The van der Waals surface area contributed by atoms with Gasteiger partial charge in [-0.05, 0) is 31.5 Å². The zero-order valence-electron chi connectivity index (χ0n) is 12.2. The summed E-state index contributed by atoms with van der Waals surface area (Å²) in [5.41, 5.74) is 6.49. The first-order valence-electron chi connectivity index (χ1n) is 6.26. The number of amides is 1. The van der Waals surface area contributed by atoms with Gasteiger partial charge in [-0.2, -0.15) is 5.10 Å². The maximum Gasteiger partial charge on any atom is 0.266 e. The number of hydrogen-bond donors (Lipinski definition) is 2. The molecule has 3 N–H and O–H groups in total. The van der Waals surface area contributed by atoms with Crippen LogP contribution in [0.25, 0.3) is 0 Å². The Kier molecular flexibility index (Phi) is 4.17. The number of rotatable bonds is 4. The van der Waals surface area contributed by atoms with Gasteiger partial charge in [-0.1, -0.05) is 17.7 Å². The topological polar surface area (TPSA) is 107 Å². The summed E-state index contributed by atoms with van der Waals surface area (Å²) in [5, 5.41) is 3.99. The predicted octanol–water partition coefficient (Wildman–Crippen LogP) is 1.59. The fourth-order valence-corrected chi connectivity index (χ4v) is 4.00. The van der Waals surface area contributed by atoms with E-state index in [2.05, 4.69) is 9.82 Å². The van der Waals surface area contributed by atoms with E-state index in [1.165, 1.54) is 10.7 Å². The van der Waals surface area contributed by atoms with Crippen molar-refractivity contribution in [2.24, 2.45) is 12.8 Å². The number of carbonyl (C=O) groups is 1. The van der Waals surface area contributed by atoms with Gasteiger partial charge in [-0.15, -0.1) is 0 Å². The smallest absolute Gasteiger partial charge is 0.266 e. The number of nitrogens with zero attached hydrogens (tertiary/aromatic N) is 2. The molecule has 9 heteroatoms. The Balaban J connectivity index is 2.50. The Bertz CT molecular complexity index is 858. The van der Waals surface area contributed by atoms with Gasteiger partial charge < -0.3 is 5.73 Å². The molecule has 1 heterocycles. The van der Waals surface area contributed by atoms with Crippen molar-refractivity contribution in [2.75, 3.05) is 4.72 Å². The third-order valence-electron chi connectivity index (χ3n) is 3.21. The van der Waals surface area contributed by atoms with Crippen LogP contribution in [0.4, 0.5) is 5.69 Å². The van der Waals surface area contributed by atoms with Crippen molar-refractivity contribution in [1.82, 2.24) is 9.78 Å². The molecule has 7 nitrogen and oxygen atoms in total. The summed E-state index contributed by atoms with van der Waals surface area (Å²) >= 11 is 5.99. The van der Waals surface area contributed by atoms with Crippen LogP contribution < -0.4 is 10.5 Å². The molecule has 0 aliphatic heterocycles. The predicted molar refractivity (Wildman–Crippen MR) is 83.5 cm³/mol. The van der Waals surface area contributed by atoms with Gasteiger partial charge in [0.2, 0.25) is 5.91 Å². The maximum absolute atomic E-state index is 12.5. The van der Waals surface area contributed by atoms with Crippen molar-refractivity contribution in [3.63, 3.8) is 0 Å². The molecule has 0 saturated carbocycles. The lowest BCUT2D eigenvalue weighted by Gasteiger charge is -2.12. The lowest BCUT2D eigenvalue weighted by Crippen LogP contribution is -2.17. The molecule has 0 aliphatic carbocycles. The highest BCUT2D eigenvalue weighted by atomic mass is 35.5. The zero-order valence-corrected chi connectivity index (χ0v) is 13.8. The number of primary amides is 1. The van der Waals surface area contributed by atoms with Gasteiger partial charge in [0, 0.05) is 12.6 Å². The molecule has 0 unspecified atom stereocenters. The van der Waals surface area contributed by atoms with Crippen LogP contribution in [0.15, 0.2) is 23.1 Å². The monoisotopic (exact) mass is 342 g/mol. The summed E-state index contributed by atoms with van der Waals surface area (Å²) in [4.78, 5) is 11.2. The molecule has 0 bridgehead atoms. The molecule has 0 spiro atoms. The van der Waals surface area contributed by atoms with Crippen molar-refractivity contribution in [3.8, 4) is 0 Å². The second-order valence-electron chi connectivity index (χ2n) is 4.78. The summed E-state index contributed by atoms with van der Waals surface area (Å²) in [6.07, 6.45) is 0. The Morgan fingerprint density at radius 3 is 2.50 bits per heavy atom. The highest BCUT2D eigenvalue weighted by Crippen LogP contribution is 2.28. The number of nitrogens with one attached hydrogen (secondary N) is 1. The number of anilines is 1. The quantitative estimate of drug-likeness (QED) is 0.879. The normalized spacial score (nSPS) is 11.5. The number of hydrogen-bond acceptors (Lipinski definition) is 4. The summed E-state index contributed by atoms with van der Waals surface area (Å²) in [7, 11) is -2.39. The van der Waals surface area contributed by atoms with E-state index >= 15 is 0 Å². The van der Waals surface area contributed by atoms with E-state index in [9.17, 15) is 13.2 Å². The first-order valence-corrected chi connectivity index (χ1v) is 8.12. The summed E-state index contributed by atoms with van der Waals surface area (Å²) in [5.74, 6) is -0.630. The van der Waals surface area contributed by atoms with Crippen LogP contribution in [0.3, 0.4) is 0 Å². The molecular weight excluding hydrogens is 328 g/mol. The van der Waals surface area contributed by atoms with Crippen LogP contribution in [0.1, 0.15) is 21.6 Å². The Morgan fingerprint density at radius 1 is 1.36 bits per heavy atom. The van der Waals surface area contributed by atoms with E-state index in [0.29, 0.717) is 5.56 Å². The Hall–Kier alpha value is -2.06. The summed E-state index contributed by atoms with van der Waals surface area (Å²) < 4.78 is 28.7. The van der Waals surface area contributed by atoms with E-state index < -0.39 is 15.9 Å². The molecule has 118 valence electrons. The number of benzene rings is 1. The van der Waals surface area contributed by atoms with Crippen molar-refractivity contribution in [1.29, 1.82) is 0 Å². The number of nitrogens with two attached hydrogens (primary N) is 1. The first-order chi connectivity index (χ1) is 10.1. The lowest BCUT2D eigenvalue weighted by molar-refractivity contribution is 0.0999.